The number of benzene rings is 1. The third-order valence-corrected chi connectivity index (χ3v) is 6.69. The maximum absolute atomic E-state index is 12.2. The van der Waals surface area contributed by atoms with E-state index in [-0.39, 0.29) is 17.5 Å². The Bertz CT molecular complexity index is 618. The lowest BCUT2D eigenvalue weighted by Crippen LogP contribution is -2.53. The number of nitrogens with one attached hydrogen (secondary N) is 3. The first-order valence-corrected chi connectivity index (χ1v) is 11.9. The van der Waals surface area contributed by atoms with E-state index in [1.54, 1.807) is 7.05 Å². The minimum Gasteiger partial charge on any atom is -0.341 e. The molecule has 29 heavy (non-hydrogen) atoms. The molecule has 3 N–H and O–H groups in total. The quantitative estimate of drug-likeness (QED) is 0.404. The highest BCUT2D eigenvalue weighted by Gasteiger charge is 2.44. The molecule has 0 radical (unpaired) electrons. The maximum atomic E-state index is 12.2. The molecule has 3 atom stereocenters. The van der Waals surface area contributed by atoms with Crippen LogP contribution in [0.4, 0.5) is 4.79 Å². The van der Waals surface area contributed by atoms with Crippen LogP contribution >= 0.6 is 0 Å². The number of carbonyl (C=O) groups excluding carboxylic acids is 1. The van der Waals surface area contributed by atoms with Crippen LogP contribution in [0.2, 0.25) is 0 Å². The van der Waals surface area contributed by atoms with Crippen LogP contribution in [-0.4, -0.2) is 25.7 Å². The summed E-state index contributed by atoms with van der Waals surface area (Å²) in [5.74, 6) is 0.638. The van der Waals surface area contributed by atoms with Gasteiger partial charge in [0.1, 0.15) is 0 Å². The number of hydrogen-bond acceptors (Lipinski definition) is 2. The van der Waals surface area contributed by atoms with Gasteiger partial charge in [-0.3, -0.25) is 0 Å². The third-order valence-electron chi connectivity index (χ3n) is 6.69. The van der Waals surface area contributed by atoms with Gasteiger partial charge in [-0.05, 0) is 42.7 Å². The normalized spacial score (nSPS) is 20.6. The fourth-order valence-electron chi connectivity index (χ4n) is 5.35. The van der Waals surface area contributed by atoms with E-state index < -0.39 is 0 Å². The van der Waals surface area contributed by atoms with Crippen molar-refractivity contribution in [2.75, 3.05) is 13.6 Å². The molecule has 4 nitrogen and oxygen atoms in total. The summed E-state index contributed by atoms with van der Waals surface area (Å²) in [6.45, 7) is 8.77. The van der Waals surface area contributed by atoms with E-state index in [1.165, 1.54) is 49.7 Å². The van der Waals surface area contributed by atoms with Gasteiger partial charge in [0, 0.05) is 31.6 Å². The molecule has 1 aromatic carbocycles. The standard InChI is InChI=1S/C25H43N3O/c1-5-8-9-15-21(12-6-2)25(17-22(13-7-3)28-24(29)26-4)19-27-18-20-14-10-11-16-23(20)25/h10-11,14,16,21-22,27H,5-9,12-13,15,17-19H2,1-4H3,(H2,26,28,29). The smallest absolute Gasteiger partial charge is 0.314 e. The summed E-state index contributed by atoms with van der Waals surface area (Å²) < 4.78 is 0. The number of urea groups is 1. The van der Waals surface area contributed by atoms with E-state index >= 15 is 0 Å². The van der Waals surface area contributed by atoms with E-state index in [1.807, 2.05) is 0 Å². The third kappa shape index (κ3) is 6.21. The molecule has 0 bridgehead atoms. The van der Waals surface area contributed by atoms with Crippen LogP contribution in [0, 0.1) is 5.92 Å². The molecule has 3 unspecified atom stereocenters. The molecule has 2 rings (SSSR count). The van der Waals surface area contributed by atoms with E-state index in [0.29, 0.717) is 5.92 Å². The highest BCUT2D eigenvalue weighted by molar-refractivity contribution is 5.73. The Morgan fingerprint density at radius 3 is 2.52 bits per heavy atom. The van der Waals surface area contributed by atoms with Gasteiger partial charge in [-0.15, -0.1) is 0 Å². The van der Waals surface area contributed by atoms with Gasteiger partial charge in [0.05, 0.1) is 0 Å². The molecular formula is C25H43N3O. The van der Waals surface area contributed by atoms with Crippen molar-refractivity contribution >= 4 is 6.03 Å². The number of unbranched alkanes of at least 4 members (excludes halogenated alkanes) is 2. The molecule has 0 aliphatic carbocycles. The van der Waals surface area contributed by atoms with Crippen LogP contribution in [-0.2, 0) is 12.0 Å². The Morgan fingerprint density at radius 1 is 1.07 bits per heavy atom. The molecule has 1 heterocycles. The predicted octanol–water partition coefficient (Wildman–Crippen LogP) is 5.51. The second kappa shape index (κ2) is 12.2. The van der Waals surface area contributed by atoms with Crippen LogP contribution in [0.15, 0.2) is 24.3 Å². The molecule has 0 spiro atoms. The van der Waals surface area contributed by atoms with Gasteiger partial charge < -0.3 is 16.0 Å². The molecule has 1 aliphatic rings. The lowest BCUT2D eigenvalue weighted by atomic mass is 9.61. The molecule has 2 amide bonds. The maximum Gasteiger partial charge on any atom is 0.314 e. The van der Waals surface area contributed by atoms with Crippen molar-refractivity contribution in [3.8, 4) is 0 Å². The second-order valence-corrected chi connectivity index (χ2v) is 8.81. The fourth-order valence-corrected chi connectivity index (χ4v) is 5.35. The van der Waals surface area contributed by atoms with E-state index in [2.05, 4.69) is 61.0 Å². The van der Waals surface area contributed by atoms with E-state index in [4.69, 9.17) is 0 Å². The Labute approximate surface area is 178 Å². The number of amides is 2. The summed E-state index contributed by atoms with van der Waals surface area (Å²) in [5, 5.41) is 9.76. The molecule has 0 saturated carbocycles. The first kappa shape index (κ1) is 23.7. The molecular weight excluding hydrogens is 358 g/mol. The molecule has 4 heteroatoms. The lowest BCUT2D eigenvalue weighted by Gasteiger charge is -2.47. The van der Waals surface area contributed by atoms with Gasteiger partial charge in [-0.2, -0.15) is 0 Å². The monoisotopic (exact) mass is 401 g/mol. The van der Waals surface area contributed by atoms with Crippen molar-refractivity contribution in [3.05, 3.63) is 35.4 Å². The minimum absolute atomic E-state index is 0.0614. The molecule has 0 fully saturated rings. The van der Waals surface area contributed by atoms with Crippen LogP contribution in [0.1, 0.15) is 89.7 Å². The van der Waals surface area contributed by atoms with Crippen LogP contribution in [0.3, 0.4) is 0 Å². The van der Waals surface area contributed by atoms with Gasteiger partial charge in [-0.1, -0.05) is 77.1 Å². The molecule has 0 aromatic heterocycles. The van der Waals surface area contributed by atoms with E-state index in [9.17, 15) is 4.79 Å². The molecule has 164 valence electrons. The largest absolute Gasteiger partial charge is 0.341 e. The minimum atomic E-state index is -0.0614. The van der Waals surface area contributed by atoms with Crippen molar-refractivity contribution in [2.24, 2.45) is 5.92 Å². The number of rotatable bonds is 12. The van der Waals surface area contributed by atoms with E-state index in [0.717, 1.165) is 32.4 Å². The zero-order valence-corrected chi connectivity index (χ0v) is 19.2. The topological polar surface area (TPSA) is 53.2 Å². The fraction of sp³-hybridized carbons (Fsp3) is 0.720. The van der Waals surface area contributed by atoms with Gasteiger partial charge in [-0.25, -0.2) is 4.79 Å². The predicted molar refractivity (Wildman–Crippen MR) is 123 cm³/mol. The van der Waals surface area contributed by atoms with Crippen LogP contribution < -0.4 is 16.0 Å². The molecule has 0 saturated heterocycles. The van der Waals surface area contributed by atoms with Gasteiger partial charge in [0.2, 0.25) is 0 Å². The van der Waals surface area contributed by atoms with Gasteiger partial charge >= 0.3 is 6.03 Å². The Hall–Kier alpha value is -1.55. The zero-order valence-electron chi connectivity index (χ0n) is 19.2. The first-order chi connectivity index (χ1) is 14.1. The molecule has 1 aliphatic heterocycles. The van der Waals surface area contributed by atoms with Crippen molar-refractivity contribution in [1.29, 1.82) is 0 Å². The second-order valence-electron chi connectivity index (χ2n) is 8.81. The van der Waals surface area contributed by atoms with Crippen molar-refractivity contribution in [3.63, 3.8) is 0 Å². The van der Waals surface area contributed by atoms with Crippen molar-refractivity contribution < 1.29 is 4.79 Å². The van der Waals surface area contributed by atoms with Crippen molar-refractivity contribution in [2.45, 2.75) is 96.6 Å². The first-order valence-electron chi connectivity index (χ1n) is 11.9. The van der Waals surface area contributed by atoms with Crippen molar-refractivity contribution in [1.82, 2.24) is 16.0 Å². The van der Waals surface area contributed by atoms with Crippen LogP contribution in [0.25, 0.3) is 0 Å². The summed E-state index contributed by atoms with van der Waals surface area (Å²) in [7, 11) is 1.70. The Kier molecular flexibility index (Phi) is 9.99. The summed E-state index contributed by atoms with van der Waals surface area (Å²) in [6.07, 6.45) is 10.7. The number of hydrogen-bond donors (Lipinski definition) is 3. The number of fused-ring (bicyclic) bond motifs is 1. The Balaban J connectivity index is 2.43. The highest BCUT2D eigenvalue weighted by atomic mass is 16.2. The molecule has 1 aromatic rings. The summed E-state index contributed by atoms with van der Waals surface area (Å²) in [5.41, 5.74) is 3.04. The summed E-state index contributed by atoms with van der Waals surface area (Å²) in [4.78, 5) is 12.2. The van der Waals surface area contributed by atoms with Crippen LogP contribution in [0.5, 0.6) is 0 Å². The Morgan fingerprint density at radius 2 is 1.83 bits per heavy atom. The van der Waals surface area contributed by atoms with Gasteiger partial charge in [0.15, 0.2) is 0 Å². The zero-order chi connectivity index (χ0) is 21.1. The lowest BCUT2D eigenvalue weighted by molar-refractivity contribution is 0.170. The number of carbonyl (C=O) groups is 1. The average Bonchev–Trinajstić information content (AvgIpc) is 2.73. The highest BCUT2D eigenvalue weighted by Crippen LogP contribution is 2.45. The summed E-state index contributed by atoms with van der Waals surface area (Å²) >= 11 is 0. The average molecular weight is 402 g/mol. The van der Waals surface area contributed by atoms with Gasteiger partial charge in [0.25, 0.3) is 0 Å². The summed E-state index contributed by atoms with van der Waals surface area (Å²) in [6, 6.07) is 9.14. The SMILES string of the molecule is CCCCCC(CCC)C1(CC(CCC)NC(=O)NC)CNCc2ccccc21.